The van der Waals surface area contributed by atoms with Crippen LogP contribution in [0.15, 0.2) is 85.2 Å². The number of ether oxygens (including phenoxy) is 4. The molecule has 0 saturated carbocycles. The molecule has 4 N–H and O–H groups in total. The van der Waals surface area contributed by atoms with Gasteiger partial charge in [0.1, 0.15) is 11.6 Å². The number of hydrogen-bond donors (Lipinski definition) is 3. The Morgan fingerprint density at radius 3 is 1.98 bits per heavy atom. The summed E-state index contributed by atoms with van der Waals surface area (Å²) in [7, 11) is 3.92. The van der Waals surface area contributed by atoms with Crippen LogP contribution in [0.2, 0.25) is 0 Å². The van der Waals surface area contributed by atoms with Crippen molar-refractivity contribution in [1.82, 2.24) is 9.13 Å². The van der Waals surface area contributed by atoms with Gasteiger partial charge in [0, 0.05) is 60.3 Å². The van der Waals surface area contributed by atoms with Crippen LogP contribution in [0.3, 0.4) is 0 Å². The molecule has 0 saturated heterocycles. The molecule has 0 spiro atoms. The summed E-state index contributed by atoms with van der Waals surface area (Å²) in [6, 6.07) is 22.6. The maximum absolute atomic E-state index is 12.5. The predicted molar refractivity (Wildman–Crippen MR) is 199 cm³/mol. The van der Waals surface area contributed by atoms with Crippen LogP contribution in [0.1, 0.15) is 59.4 Å². The Kier molecular flexibility index (Phi) is 11.2. The molecule has 1 atom stereocenters. The molecule has 6 aromatic rings. The van der Waals surface area contributed by atoms with Crippen LogP contribution in [0.5, 0.6) is 23.0 Å². The summed E-state index contributed by atoms with van der Waals surface area (Å²) in [5.41, 5.74) is 7.52. The van der Waals surface area contributed by atoms with Crippen LogP contribution in [0.4, 0.5) is 0 Å². The lowest BCUT2D eigenvalue weighted by atomic mass is 9.87. The summed E-state index contributed by atoms with van der Waals surface area (Å²) in [4.78, 5) is 28.0. The molecule has 2 aromatic heterocycles. The van der Waals surface area contributed by atoms with Gasteiger partial charge in [-0.2, -0.15) is 0 Å². The molecule has 1 unspecified atom stereocenters. The molecule has 12 nitrogen and oxygen atoms in total. The average Bonchev–Trinajstić information content (AvgIpc) is 3.91. The molecule has 53 heavy (non-hydrogen) atoms. The number of hydrogen-bond acceptors (Lipinski definition) is 10. The Hall–Kier alpha value is -5.66. The number of benzene rings is 4. The second-order valence-electron chi connectivity index (χ2n) is 13.2. The van der Waals surface area contributed by atoms with Crippen LogP contribution < -0.4 is 24.8 Å². The summed E-state index contributed by atoms with van der Waals surface area (Å²) >= 11 is 0. The van der Waals surface area contributed by atoms with E-state index in [0.29, 0.717) is 30.1 Å². The highest BCUT2D eigenvalue weighted by Gasteiger charge is 2.26. The van der Waals surface area contributed by atoms with Crippen LogP contribution >= 0.6 is 0 Å². The molecule has 276 valence electrons. The number of Topliss-reactive ketones (excluding diaryl/α,β-unsaturated/α-hetero) is 2. The van der Waals surface area contributed by atoms with Crippen molar-refractivity contribution in [2.75, 3.05) is 13.6 Å². The van der Waals surface area contributed by atoms with Crippen LogP contribution in [-0.4, -0.2) is 44.5 Å². The number of aryl methyl sites for hydroxylation is 3. The molecular formula is C41H43N3O9. The molecule has 0 bridgehead atoms. The van der Waals surface area contributed by atoms with Gasteiger partial charge >= 0.3 is 0 Å². The standard InChI is InChI=1S/C20H19NO5.C11H14N2O.C10H10O3/c1-11(22)19(12-4-6-17-18(8-12)26-10-25-17)15-9-21(2)16-7-13(20(23)24)3-5-14(15)16;1-8-6-13(2)11-5-9(7-14-12)3-4-10(8)11;1-7(11)4-8-2-3-9-10(5-8)13-6-12-9/h3-9,19-20,23-24H,10H2,1-2H3;3-6H,7,12H2,1-2H3;2-3,5H,4,6H2,1H3. The predicted octanol–water partition coefficient (Wildman–Crippen LogP) is 6.03. The second-order valence-corrected chi connectivity index (χ2v) is 13.2. The largest absolute Gasteiger partial charge is 0.454 e. The third-order valence-corrected chi connectivity index (χ3v) is 9.19. The van der Waals surface area contributed by atoms with Gasteiger partial charge in [0.25, 0.3) is 0 Å². The third kappa shape index (κ3) is 8.21. The molecule has 8 rings (SSSR count). The molecule has 2 aliphatic rings. The fraction of sp³-hybridized carbons (Fsp3) is 0.268. The number of rotatable bonds is 8. The van der Waals surface area contributed by atoms with Gasteiger partial charge in [0.15, 0.2) is 29.3 Å². The van der Waals surface area contributed by atoms with E-state index in [1.807, 2.05) is 73.4 Å². The lowest BCUT2D eigenvalue weighted by Gasteiger charge is -2.15. The summed E-state index contributed by atoms with van der Waals surface area (Å²) < 4.78 is 25.1. The van der Waals surface area contributed by atoms with E-state index in [1.165, 1.54) is 16.5 Å². The van der Waals surface area contributed by atoms with E-state index in [0.717, 1.165) is 44.7 Å². The fourth-order valence-corrected chi connectivity index (χ4v) is 6.71. The zero-order valence-corrected chi connectivity index (χ0v) is 30.3. The van der Waals surface area contributed by atoms with Crippen molar-refractivity contribution in [3.63, 3.8) is 0 Å². The van der Waals surface area contributed by atoms with Gasteiger partial charge in [-0.1, -0.05) is 36.4 Å². The van der Waals surface area contributed by atoms with Gasteiger partial charge in [-0.3, -0.25) is 14.4 Å². The number of nitrogens with two attached hydrogens (primary N) is 1. The van der Waals surface area contributed by atoms with Crippen molar-refractivity contribution in [2.24, 2.45) is 20.0 Å². The van der Waals surface area contributed by atoms with Crippen molar-refractivity contribution in [3.8, 4) is 23.0 Å². The Labute approximate surface area is 306 Å². The molecule has 12 heteroatoms. The number of aromatic nitrogens is 2. The van der Waals surface area contributed by atoms with Crippen molar-refractivity contribution in [3.05, 3.63) is 119 Å². The quantitative estimate of drug-likeness (QED) is 0.125. The van der Waals surface area contributed by atoms with Gasteiger partial charge in [-0.05, 0) is 85.0 Å². The van der Waals surface area contributed by atoms with Gasteiger partial charge in [0.05, 0.1) is 12.5 Å². The van der Waals surface area contributed by atoms with Crippen molar-refractivity contribution in [2.45, 2.75) is 46.0 Å². The Bertz CT molecular complexity index is 2290. The Morgan fingerprint density at radius 1 is 0.736 bits per heavy atom. The maximum Gasteiger partial charge on any atom is 0.231 e. The minimum atomic E-state index is -1.53. The minimum absolute atomic E-state index is 0.0163. The van der Waals surface area contributed by atoms with Crippen LogP contribution in [-0.2, 0) is 41.5 Å². The number of carbonyl (C=O) groups excluding carboxylic acids is 2. The summed E-state index contributed by atoms with van der Waals surface area (Å²) in [5, 5.41) is 21.0. The van der Waals surface area contributed by atoms with E-state index in [4.69, 9.17) is 24.8 Å². The highest BCUT2D eigenvalue weighted by molar-refractivity contribution is 5.95. The number of aliphatic hydroxyl groups is 2. The summed E-state index contributed by atoms with van der Waals surface area (Å²) in [6.45, 7) is 6.18. The molecule has 4 heterocycles. The average molecular weight is 722 g/mol. The summed E-state index contributed by atoms with van der Waals surface area (Å²) in [6.07, 6.45) is 2.96. The van der Waals surface area contributed by atoms with Gasteiger partial charge in [-0.15, -0.1) is 0 Å². The Balaban J connectivity index is 0.000000150. The van der Waals surface area contributed by atoms with E-state index in [1.54, 1.807) is 26.0 Å². The van der Waals surface area contributed by atoms with Gasteiger partial charge in [-0.25, -0.2) is 5.90 Å². The Morgan fingerprint density at radius 2 is 1.32 bits per heavy atom. The molecule has 0 fully saturated rings. The zero-order valence-electron chi connectivity index (χ0n) is 30.3. The zero-order chi connectivity index (χ0) is 37.8. The maximum atomic E-state index is 12.5. The van der Waals surface area contributed by atoms with Crippen molar-refractivity contribution < 1.29 is 43.6 Å². The summed E-state index contributed by atoms with van der Waals surface area (Å²) in [5.74, 6) is 7.57. The molecular weight excluding hydrogens is 678 g/mol. The molecule has 0 amide bonds. The highest BCUT2D eigenvalue weighted by Crippen LogP contribution is 2.39. The van der Waals surface area contributed by atoms with E-state index in [9.17, 15) is 19.8 Å². The topological polar surface area (TPSA) is 157 Å². The highest BCUT2D eigenvalue weighted by atomic mass is 16.7. The third-order valence-electron chi connectivity index (χ3n) is 9.19. The molecule has 0 radical (unpaired) electrons. The molecule has 4 aromatic carbocycles. The van der Waals surface area contributed by atoms with E-state index in [-0.39, 0.29) is 25.2 Å². The van der Waals surface area contributed by atoms with Crippen LogP contribution in [0.25, 0.3) is 21.8 Å². The van der Waals surface area contributed by atoms with Gasteiger partial charge < -0.3 is 38.3 Å². The SMILES string of the molecule is CC(=O)C(c1ccc2c(c1)OCO2)c1cn(C)c2cc(C(O)O)ccc12.CC(=O)Cc1ccc2c(c1)OCO2.Cc1cn(C)c2cc(CON)ccc12. The number of aliphatic hydroxyl groups excluding tert-OH is 1. The van der Waals surface area contributed by atoms with E-state index < -0.39 is 12.2 Å². The minimum Gasteiger partial charge on any atom is -0.454 e. The lowest BCUT2D eigenvalue weighted by molar-refractivity contribution is -0.118. The van der Waals surface area contributed by atoms with Crippen LogP contribution in [0, 0.1) is 6.92 Å². The first kappa shape index (κ1) is 37.1. The number of fused-ring (bicyclic) bond motifs is 4. The number of carbonyl (C=O) groups is 2. The van der Waals surface area contributed by atoms with Crippen molar-refractivity contribution in [1.29, 1.82) is 0 Å². The van der Waals surface area contributed by atoms with E-state index >= 15 is 0 Å². The normalized spacial score (nSPS) is 13.1. The smallest absolute Gasteiger partial charge is 0.231 e. The van der Waals surface area contributed by atoms with E-state index in [2.05, 4.69) is 34.7 Å². The fourth-order valence-electron chi connectivity index (χ4n) is 6.71. The molecule has 2 aliphatic heterocycles. The van der Waals surface area contributed by atoms with Gasteiger partial charge in [0.2, 0.25) is 13.6 Å². The second kappa shape index (κ2) is 15.9. The lowest BCUT2D eigenvalue weighted by Crippen LogP contribution is -2.10. The first-order chi connectivity index (χ1) is 25.4. The van der Waals surface area contributed by atoms with Crippen molar-refractivity contribution >= 4 is 33.4 Å². The first-order valence-corrected chi connectivity index (χ1v) is 17.0. The molecule has 0 aliphatic carbocycles. The number of ketones is 2. The monoisotopic (exact) mass is 721 g/mol. The first-order valence-electron chi connectivity index (χ1n) is 17.0. The number of nitrogens with zero attached hydrogens (tertiary/aromatic N) is 2.